The number of hydrogen-bond acceptors (Lipinski definition) is 3. The monoisotopic (exact) mass is 267 g/mol. The van der Waals surface area contributed by atoms with Crippen molar-refractivity contribution < 1.29 is 8.42 Å². The first-order valence-electron chi connectivity index (χ1n) is 6.54. The van der Waals surface area contributed by atoms with E-state index in [0.717, 1.165) is 25.8 Å². The second kappa shape index (κ2) is 5.85. The summed E-state index contributed by atoms with van der Waals surface area (Å²) in [5, 5.41) is 3.46. The number of sulfone groups is 1. The highest BCUT2D eigenvalue weighted by molar-refractivity contribution is 7.91. The molecule has 0 spiro atoms. The molecule has 18 heavy (non-hydrogen) atoms. The lowest BCUT2D eigenvalue weighted by Crippen LogP contribution is -2.38. The molecule has 1 N–H and O–H groups in total. The van der Waals surface area contributed by atoms with Gasteiger partial charge in [0.1, 0.15) is 9.84 Å². The molecule has 0 saturated carbocycles. The van der Waals surface area contributed by atoms with Crippen molar-refractivity contribution in [3.63, 3.8) is 0 Å². The zero-order valence-corrected chi connectivity index (χ0v) is 11.7. The summed E-state index contributed by atoms with van der Waals surface area (Å²) in [6.45, 7) is 3.02. The molecular formula is C14H21NO2S. The molecule has 0 unspecified atom stereocenters. The normalized spacial score (nSPS) is 19.8. The second-order valence-electron chi connectivity index (χ2n) is 5.12. The number of nitrogens with one attached hydrogen (secondary N) is 1. The molecule has 1 heterocycles. The van der Waals surface area contributed by atoms with Crippen LogP contribution in [0.15, 0.2) is 24.3 Å². The van der Waals surface area contributed by atoms with Crippen LogP contribution in [0, 0.1) is 6.92 Å². The molecule has 1 aliphatic rings. The molecule has 1 saturated heterocycles. The van der Waals surface area contributed by atoms with E-state index in [1.807, 2.05) is 0 Å². The maximum atomic E-state index is 11.3. The van der Waals surface area contributed by atoms with Gasteiger partial charge in [-0.2, -0.15) is 0 Å². The molecule has 0 bridgehead atoms. The Hall–Kier alpha value is -0.870. The van der Waals surface area contributed by atoms with Crippen LogP contribution in [0.1, 0.15) is 24.0 Å². The van der Waals surface area contributed by atoms with Gasteiger partial charge in [0.2, 0.25) is 0 Å². The average molecular weight is 267 g/mol. The summed E-state index contributed by atoms with van der Waals surface area (Å²) < 4.78 is 22.6. The van der Waals surface area contributed by atoms with Crippen molar-refractivity contribution in [2.75, 3.05) is 18.1 Å². The number of rotatable bonds is 4. The average Bonchev–Trinajstić information content (AvgIpc) is 2.31. The summed E-state index contributed by atoms with van der Waals surface area (Å²) in [6, 6.07) is 8.90. The Morgan fingerprint density at radius 3 is 2.67 bits per heavy atom. The zero-order valence-electron chi connectivity index (χ0n) is 10.9. The van der Waals surface area contributed by atoms with E-state index in [0.29, 0.717) is 17.5 Å². The van der Waals surface area contributed by atoms with Gasteiger partial charge in [0.25, 0.3) is 0 Å². The topological polar surface area (TPSA) is 46.2 Å². The quantitative estimate of drug-likeness (QED) is 0.903. The molecule has 100 valence electrons. The zero-order chi connectivity index (χ0) is 13.0. The standard InChI is InChI=1S/C14H21NO2S/c1-12-3-2-4-13(11-12)5-8-15-14-6-9-18(16,17)10-7-14/h2-4,11,14-15H,5-10H2,1H3. The minimum Gasteiger partial charge on any atom is -0.314 e. The van der Waals surface area contributed by atoms with Crippen LogP contribution in [0.4, 0.5) is 0 Å². The van der Waals surface area contributed by atoms with Crippen LogP contribution < -0.4 is 5.32 Å². The molecule has 0 atom stereocenters. The molecule has 1 fully saturated rings. The van der Waals surface area contributed by atoms with Gasteiger partial charge in [-0.3, -0.25) is 0 Å². The van der Waals surface area contributed by atoms with Crippen molar-refractivity contribution in [2.24, 2.45) is 0 Å². The Morgan fingerprint density at radius 1 is 1.28 bits per heavy atom. The van der Waals surface area contributed by atoms with Gasteiger partial charge in [-0.25, -0.2) is 8.42 Å². The van der Waals surface area contributed by atoms with Crippen LogP contribution in [0.3, 0.4) is 0 Å². The van der Waals surface area contributed by atoms with Crippen LogP contribution in [0.2, 0.25) is 0 Å². The number of benzene rings is 1. The summed E-state index contributed by atoms with van der Waals surface area (Å²) in [5.41, 5.74) is 2.63. The predicted octanol–water partition coefficient (Wildman–Crippen LogP) is 1.70. The third-order valence-electron chi connectivity index (χ3n) is 3.48. The SMILES string of the molecule is Cc1cccc(CCNC2CCS(=O)(=O)CC2)c1. The van der Waals surface area contributed by atoms with Crippen molar-refractivity contribution in [3.8, 4) is 0 Å². The van der Waals surface area contributed by atoms with Gasteiger partial charge in [-0.1, -0.05) is 29.8 Å². The van der Waals surface area contributed by atoms with E-state index in [1.54, 1.807) is 0 Å². The van der Waals surface area contributed by atoms with Crippen LogP contribution in [-0.4, -0.2) is 32.5 Å². The molecule has 2 rings (SSSR count). The van der Waals surface area contributed by atoms with Crippen molar-refractivity contribution in [2.45, 2.75) is 32.2 Å². The number of aryl methyl sites for hydroxylation is 1. The lowest BCUT2D eigenvalue weighted by atomic mass is 10.1. The first kappa shape index (κ1) is 13.6. The van der Waals surface area contributed by atoms with Gasteiger partial charge < -0.3 is 5.32 Å². The Morgan fingerprint density at radius 2 is 2.00 bits per heavy atom. The Bertz CT molecular complexity index is 482. The summed E-state index contributed by atoms with van der Waals surface area (Å²) >= 11 is 0. The Labute approximate surface area is 110 Å². The third kappa shape index (κ3) is 4.10. The predicted molar refractivity (Wildman–Crippen MR) is 74.6 cm³/mol. The van der Waals surface area contributed by atoms with Gasteiger partial charge in [0.05, 0.1) is 11.5 Å². The molecule has 0 aliphatic carbocycles. The van der Waals surface area contributed by atoms with Gasteiger partial charge in [-0.05, 0) is 38.3 Å². The van der Waals surface area contributed by atoms with E-state index in [9.17, 15) is 8.42 Å². The Balaban J connectivity index is 1.73. The highest BCUT2D eigenvalue weighted by atomic mass is 32.2. The smallest absolute Gasteiger partial charge is 0.150 e. The third-order valence-corrected chi connectivity index (χ3v) is 5.20. The van der Waals surface area contributed by atoms with E-state index >= 15 is 0 Å². The van der Waals surface area contributed by atoms with Gasteiger partial charge in [0, 0.05) is 6.04 Å². The lowest BCUT2D eigenvalue weighted by molar-refractivity contribution is 0.466. The Kier molecular flexibility index (Phi) is 4.40. The molecule has 1 aliphatic heterocycles. The van der Waals surface area contributed by atoms with Gasteiger partial charge in [0.15, 0.2) is 0 Å². The van der Waals surface area contributed by atoms with Crippen molar-refractivity contribution in [1.29, 1.82) is 0 Å². The van der Waals surface area contributed by atoms with E-state index in [4.69, 9.17) is 0 Å². The summed E-state index contributed by atoms with van der Waals surface area (Å²) in [7, 11) is -2.74. The molecule has 4 heteroatoms. The lowest BCUT2D eigenvalue weighted by Gasteiger charge is -2.23. The molecule has 0 radical (unpaired) electrons. The van der Waals surface area contributed by atoms with Crippen LogP contribution in [-0.2, 0) is 16.3 Å². The first-order chi connectivity index (χ1) is 8.55. The van der Waals surface area contributed by atoms with Crippen LogP contribution >= 0.6 is 0 Å². The summed E-state index contributed by atoms with van der Waals surface area (Å²) in [4.78, 5) is 0. The van der Waals surface area contributed by atoms with E-state index < -0.39 is 9.84 Å². The fourth-order valence-corrected chi connectivity index (χ4v) is 3.87. The maximum Gasteiger partial charge on any atom is 0.150 e. The summed E-state index contributed by atoms with van der Waals surface area (Å²) in [5.74, 6) is 0.685. The first-order valence-corrected chi connectivity index (χ1v) is 8.37. The molecule has 3 nitrogen and oxygen atoms in total. The molecular weight excluding hydrogens is 246 g/mol. The highest BCUT2D eigenvalue weighted by Gasteiger charge is 2.22. The highest BCUT2D eigenvalue weighted by Crippen LogP contribution is 2.12. The second-order valence-corrected chi connectivity index (χ2v) is 7.42. The largest absolute Gasteiger partial charge is 0.314 e. The fourth-order valence-electron chi connectivity index (χ4n) is 2.38. The maximum absolute atomic E-state index is 11.3. The van der Waals surface area contributed by atoms with Gasteiger partial charge >= 0.3 is 0 Å². The van der Waals surface area contributed by atoms with Crippen LogP contribution in [0.25, 0.3) is 0 Å². The van der Waals surface area contributed by atoms with E-state index in [2.05, 4.69) is 36.5 Å². The van der Waals surface area contributed by atoms with E-state index in [1.165, 1.54) is 11.1 Å². The minimum atomic E-state index is -2.74. The van der Waals surface area contributed by atoms with Crippen molar-refractivity contribution in [3.05, 3.63) is 35.4 Å². The minimum absolute atomic E-state index is 0.342. The molecule has 0 aromatic heterocycles. The molecule has 0 amide bonds. The molecule has 1 aromatic carbocycles. The van der Waals surface area contributed by atoms with Crippen LogP contribution in [0.5, 0.6) is 0 Å². The van der Waals surface area contributed by atoms with Crippen molar-refractivity contribution >= 4 is 9.84 Å². The van der Waals surface area contributed by atoms with Gasteiger partial charge in [-0.15, -0.1) is 0 Å². The number of hydrogen-bond donors (Lipinski definition) is 1. The van der Waals surface area contributed by atoms with E-state index in [-0.39, 0.29) is 0 Å². The molecule has 1 aromatic rings. The fraction of sp³-hybridized carbons (Fsp3) is 0.571. The van der Waals surface area contributed by atoms with Crippen molar-refractivity contribution in [1.82, 2.24) is 5.32 Å². The summed E-state index contributed by atoms with van der Waals surface area (Å²) in [6.07, 6.45) is 2.53.